The average molecular weight is 333 g/mol. The molecule has 0 fully saturated rings. The van der Waals surface area contributed by atoms with Gasteiger partial charge in [0.15, 0.2) is 0 Å². The molecule has 0 aliphatic carbocycles. The van der Waals surface area contributed by atoms with Crippen molar-refractivity contribution in [2.24, 2.45) is 16.5 Å². The Labute approximate surface area is 130 Å². The molecule has 0 saturated carbocycles. The smallest absolute Gasteiger partial charge is 0.238 e. The molecule has 0 aromatic heterocycles. The molecule has 118 valence electrons. The van der Waals surface area contributed by atoms with Gasteiger partial charge in [-0.05, 0) is 29.5 Å². The first-order chi connectivity index (χ1) is 9.41. The first-order valence-corrected chi connectivity index (χ1v) is 8.46. The van der Waals surface area contributed by atoms with E-state index < -0.39 is 10.0 Å². The van der Waals surface area contributed by atoms with E-state index in [9.17, 15) is 13.2 Å². The predicted octanol–water partition coefficient (Wildman–Crippen LogP) is 3.00. The Morgan fingerprint density at radius 3 is 2.43 bits per heavy atom. The van der Waals surface area contributed by atoms with Crippen LogP contribution in [0.25, 0.3) is 0 Å². The second-order valence-electron chi connectivity index (χ2n) is 6.21. The van der Waals surface area contributed by atoms with E-state index in [1.54, 1.807) is 0 Å². The summed E-state index contributed by atoms with van der Waals surface area (Å²) in [6, 6.07) is 3.95. The van der Waals surface area contributed by atoms with Crippen molar-refractivity contribution >= 4 is 33.2 Å². The number of sulfonamides is 1. The third-order valence-electron chi connectivity index (χ3n) is 3.51. The minimum Gasteiger partial charge on any atom is -0.325 e. The van der Waals surface area contributed by atoms with Crippen molar-refractivity contribution in [1.29, 1.82) is 0 Å². The van der Waals surface area contributed by atoms with Crippen LogP contribution in [0.3, 0.4) is 0 Å². The standard InChI is InChI=1S/C14H21ClN2O3S/c1-9(14(2,3)4)7-13(18)17-12-8-10(21(16,19)20)5-6-11(12)15/h5-6,8-9H,7H2,1-4H3,(H,17,18)(H2,16,19,20). The number of anilines is 1. The van der Waals surface area contributed by atoms with Crippen LogP contribution >= 0.6 is 11.6 Å². The molecule has 0 radical (unpaired) electrons. The quantitative estimate of drug-likeness (QED) is 0.888. The van der Waals surface area contributed by atoms with Crippen molar-refractivity contribution < 1.29 is 13.2 Å². The summed E-state index contributed by atoms with van der Waals surface area (Å²) >= 11 is 5.97. The maximum Gasteiger partial charge on any atom is 0.238 e. The molecule has 0 aliphatic rings. The zero-order chi connectivity index (χ0) is 16.4. The van der Waals surface area contributed by atoms with Crippen molar-refractivity contribution in [1.82, 2.24) is 0 Å². The number of carbonyl (C=O) groups excluding carboxylic acids is 1. The zero-order valence-electron chi connectivity index (χ0n) is 12.6. The molecule has 0 aliphatic heterocycles. The first kappa shape index (κ1) is 17.9. The fourth-order valence-corrected chi connectivity index (χ4v) is 2.27. The van der Waals surface area contributed by atoms with Crippen LogP contribution in [0.15, 0.2) is 23.1 Å². The predicted molar refractivity (Wildman–Crippen MR) is 84.7 cm³/mol. The van der Waals surface area contributed by atoms with Gasteiger partial charge in [-0.1, -0.05) is 39.3 Å². The largest absolute Gasteiger partial charge is 0.325 e. The summed E-state index contributed by atoms with van der Waals surface area (Å²) in [7, 11) is -3.83. The first-order valence-electron chi connectivity index (χ1n) is 6.53. The van der Waals surface area contributed by atoms with Gasteiger partial charge in [0.05, 0.1) is 15.6 Å². The molecular formula is C14H21ClN2O3S. The number of hydrogen-bond donors (Lipinski definition) is 2. The Morgan fingerprint density at radius 2 is 1.95 bits per heavy atom. The lowest BCUT2D eigenvalue weighted by molar-refractivity contribution is -0.117. The molecule has 0 heterocycles. The third-order valence-corrected chi connectivity index (χ3v) is 4.75. The van der Waals surface area contributed by atoms with Crippen LogP contribution < -0.4 is 10.5 Å². The fraction of sp³-hybridized carbons (Fsp3) is 0.500. The van der Waals surface area contributed by atoms with Crippen LogP contribution in [0.1, 0.15) is 34.1 Å². The van der Waals surface area contributed by atoms with Gasteiger partial charge in [0.25, 0.3) is 0 Å². The second-order valence-corrected chi connectivity index (χ2v) is 8.17. The zero-order valence-corrected chi connectivity index (χ0v) is 14.2. The van der Waals surface area contributed by atoms with Gasteiger partial charge in [0.1, 0.15) is 0 Å². The summed E-state index contributed by atoms with van der Waals surface area (Å²) in [6.07, 6.45) is 0.319. The highest BCUT2D eigenvalue weighted by molar-refractivity contribution is 7.89. The van der Waals surface area contributed by atoms with Crippen molar-refractivity contribution in [2.45, 2.75) is 39.0 Å². The summed E-state index contributed by atoms with van der Waals surface area (Å²) in [5, 5.41) is 7.96. The Morgan fingerprint density at radius 1 is 1.38 bits per heavy atom. The molecule has 1 unspecified atom stereocenters. The van der Waals surface area contributed by atoms with E-state index >= 15 is 0 Å². The summed E-state index contributed by atoms with van der Waals surface area (Å²) in [5.74, 6) is -0.0522. The number of halogens is 1. The Hall–Kier alpha value is -1.11. The molecule has 0 saturated heterocycles. The summed E-state index contributed by atoms with van der Waals surface area (Å²) in [4.78, 5) is 11.9. The Kier molecular flexibility index (Phi) is 5.41. The lowest BCUT2D eigenvalue weighted by Crippen LogP contribution is -2.24. The molecule has 1 amide bonds. The number of hydrogen-bond acceptors (Lipinski definition) is 3. The molecule has 1 rings (SSSR count). The van der Waals surface area contributed by atoms with Crippen LogP contribution in [-0.4, -0.2) is 14.3 Å². The van der Waals surface area contributed by atoms with Crippen LogP contribution in [0.5, 0.6) is 0 Å². The minimum atomic E-state index is -3.83. The molecule has 1 aromatic rings. The van der Waals surface area contributed by atoms with Gasteiger partial charge in [0, 0.05) is 6.42 Å². The number of rotatable bonds is 4. The van der Waals surface area contributed by atoms with Crippen molar-refractivity contribution in [3.8, 4) is 0 Å². The maximum absolute atomic E-state index is 12.0. The van der Waals surface area contributed by atoms with E-state index in [-0.39, 0.29) is 32.8 Å². The van der Waals surface area contributed by atoms with Gasteiger partial charge in [-0.2, -0.15) is 0 Å². The topological polar surface area (TPSA) is 89.3 Å². The van der Waals surface area contributed by atoms with Crippen LogP contribution in [-0.2, 0) is 14.8 Å². The van der Waals surface area contributed by atoms with Gasteiger partial charge in [-0.15, -0.1) is 0 Å². The SMILES string of the molecule is CC(CC(=O)Nc1cc(S(N)(=O)=O)ccc1Cl)C(C)(C)C. The minimum absolute atomic E-state index is 0.00355. The molecule has 3 N–H and O–H groups in total. The second kappa shape index (κ2) is 6.34. The van der Waals surface area contributed by atoms with E-state index in [1.807, 2.05) is 6.92 Å². The van der Waals surface area contributed by atoms with Crippen molar-refractivity contribution in [3.05, 3.63) is 23.2 Å². The van der Waals surface area contributed by atoms with E-state index in [2.05, 4.69) is 26.1 Å². The maximum atomic E-state index is 12.0. The average Bonchev–Trinajstić information content (AvgIpc) is 2.29. The third kappa shape index (κ3) is 5.30. The summed E-state index contributed by atoms with van der Waals surface area (Å²) in [6.45, 7) is 8.15. The fourth-order valence-electron chi connectivity index (χ4n) is 1.56. The highest BCUT2D eigenvalue weighted by Gasteiger charge is 2.23. The van der Waals surface area contributed by atoms with E-state index in [4.69, 9.17) is 16.7 Å². The van der Waals surface area contributed by atoms with Crippen LogP contribution in [0.4, 0.5) is 5.69 Å². The normalized spacial score (nSPS) is 13.8. The molecule has 1 aromatic carbocycles. The van der Waals surface area contributed by atoms with E-state index in [1.165, 1.54) is 18.2 Å². The van der Waals surface area contributed by atoms with Crippen LogP contribution in [0.2, 0.25) is 5.02 Å². The van der Waals surface area contributed by atoms with E-state index in [0.717, 1.165) is 0 Å². The highest BCUT2D eigenvalue weighted by Crippen LogP contribution is 2.29. The number of amides is 1. The molecular weight excluding hydrogens is 312 g/mol. The lowest BCUT2D eigenvalue weighted by atomic mass is 9.80. The monoisotopic (exact) mass is 332 g/mol. The number of benzene rings is 1. The molecule has 21 heavy (non-hydrogen) atoms. The molecule has 5 nitrogen and oxygen atoms in total. The summed E-state index contributed by atoms with van der Waals surface area (Å²) < 4.78 is 22.6. The lowest BCUT2D eigenvalue weighted by Gasteiger charge is -2.26. The van der Waals surface area contributed by atoms with Gasteiger partial charge in [-0.3, -0.25) is 4.79 Å². The summed E-state index contributed by atoms with van der Waals surface area (Å²) in [5.41, 5.74) is 0.248. The van der Waals surface area contributed by atoms with Crippen molar-refractivity contribution in [3.63, 3.8) is 0 Å². The van der Waals surface area contributed by atoms with Gasteiger partial charge in [-0.25, -0.2) is 13.6 Å². The number of primary sulfonamides is 1. The van der Waals surface area contributed by atoms with Crippen LogP contribution in [0, 0.1) is 11.3 Å². The molecule has 7 heteroatoms. The van der Waals surface area contributed by atoms with Gasteiger partial charge < -0.3 is 5.32 Å². The molecule has 0 bridgehead atoms. The molecule has 1 atom stereocenters. The number of carbonyl (C=O) groups is 1. The number of nitrogens with one attached hydrogen (secondary N) is 1. The van der Waals surface area contributed by atoms with Crippen molar-refractivity contribution in [2.75, 3.05) is 5.32 Å². The molecule has 0 spiro atoms. The Bertz CT molecular complexity index is 636. The van der Waals surface area contributed by atoms with E-state index in [0.29, 0.717) is 6.42 Å². The van der Waals surface area contributed by atoms with Gasteiger partial charge >= 0.3 is 0 Å². The number of nitrogens with two attached hydrogens (primary N) is 1. The van der Waals surface area contributed by atoms with Gasteiger partial charge in [0.2, 0.25) is 15.9 Å². The Balaban J connectivity index is 2.91. The highest BCUT2D eigenvalue weighted by atomic mass is 35.5.